The van der Waals surface area contributed by atoms with Gasteiger partial charge in [0.25, 0.3) is 0 Å². The number of benzene rings is 2. The monoisotopic (exact) mass is 464 g/mol. The van der Waals surface area contributed by atoms with Crippen LogP contribution >= 0.6 is 11.3 Å². The number of phenols is 1. The molecule has 5 nitrogen and oxygen atoms in total. The number of piperazine rings is 1. The average molecular weight is 465 g/mol. The van der Waals surface area contributed by atoms with Gasteiger partial charge < -0.3 is 14.7 Å². The molecule has 1 aromatic heterocycles. The summed E-state index contributed by atoms with van der Waals surface area (Å²) in [5, 5.41) is 10.9. The second kappa shape index (κ2) is 9.84. The predicted octanol–water partition coefficient (Wildman–Crippen LogP) is 5.12. The highest BCUT2D eigenvalue weighted by atomic mass is 32.1. The van der Waals surface area contributed by atoms with Gasteiger partial charge in [-0.2, -0.15) is 0 Å². The van der Waals surface area contributed by atoms with Gasteiger partial charge in [0.15, 0.2) is 5.78 Å². The lowest BCUT2D eigenvalue weighted by Gasteiger charge is -2.32. The second-order valence-corrected chi connectivity index (χ2v) is 10.4. The Morgan fingerprint density at radius 2 is 1.79 bits per heavy atom. The quantitative estimate of drug-likeness (QED) is 0.492. The zero-order valence-corrected chi connectivity index (χ0v) is 20.1. The molecule has 0 atom stereocenters. The van der Waals surface area contributed by atoms with Gasteiger partial charge in [0.05, 0.1) is 0 Å². The Bertz CT molecular complexity index is 1110. The van der Waals surface area contributed by atoms with Crippen molar-refractivity contribution < 1.29 is 14.6 Å². The number of hydrogen-bond donors (Lipinski definition) is 1. The highest BCUT2D eigenvalue weighted by molar-refractivity contribution is 7.19. The second-order valence-electron chi connectivity index (χ2n) is 9.35. The van der Waals surface area contributed by atoms with Crippen molar-refractivity contribution in [2.24, 2.45) is 0 Å². The number of fused-ring (bicyclic) bond motifs is 1. The first-order valence-corrected chi connectivity index (χ1v) is 12.8. The van der Waals surface area contributed by atoms with E-state index in [1.165, 1.54) is 17.7 Å². The summed E-state index contributed by atoms with van der Waals surface area (Å²) in [5.74, 6) is 1.56. The molecule has 3 aromatic rings. The summed E-state index contributed by atoms with van der Waals surface area (Å²) < 4.78 is 6.95. The Kier molecular flexibility index (Phi) is 6.67. The zero-order chi connectivity index (χ0) is 22.8. The molecule has 0 unspecified atom stereocenters. The molecule has 2 aliphatic rings. The fraction of sp³-hybridized carbons (Fsp3) is 0.444. The van der Waals surface area contributed by atoms with E-state index in [1.807, 2.05) is 30.3 Å². The van der Waals surface area contributed by atoms with Crippen molar-refractivity contribution >= 4 is 27.2 Å². The Labute approximate surface area is 199 Å². The van der Waals surface area contributed by atoms with Gasteiger partial charge in [-0.1, -0.05) is 12.8 Å². The van der Waals surface area contributed by atoms with Crippen LogP contribution in [0.15, 0.2) is 42.5 Å². The molecule has 0 amide bonds. The van der Waals surface area contributed by atoms with Crippen LogP contribution in [-0.2, 0) is 0 Å². The van der Waals surface area contributed by atoms with Gasteiger partial charge in [-0.15, -0.1) is 11.3 Å². The minimum absolute atomic E-state index is 0.0674. The molecule has 0 bridgehead atoms. The van der Waals surface area contributed by atoms with Crippen LogP contribution in [0.1, 0.15) is 52.4 Å². The Hall–Kier alpha value is -2.41. The number of ether oxygens (including phenoxy) is 1. The van der Waals surface area contributed by atoms with Gasteiger partial charge in [-0.05, 0) is 68.3 Å². The molecule has 174 valence electrons. The summed E-state index contributed by atoms with van der Waals surface area (Å²) in [5.41, 5.74) is 1.51. The van der Waals surface area contributed by atoms with Crippen molar-refractivity contribution in [2.75, 3.05) is 46.4 Å². The molecule has 1 N–H and O–H groups in total. The Morgan fingerprint density at radius 3 is 2.52 bits per heavy atom. The molecule has 0 spiro atoms. The fourth-order valence-corrected chi connectivity index (χ4v) is 6.43. The molecule has 6 heteroatoms. The summed E-state index contributed by atoms with van der Waals surface area (Å²) in [6.07, 6.45) is 4.72. The van der Waals surface area contributed by atoms with Crippen molar-refractivity contribution in [3.63, 3.8) is 0 Å². The fourth-order valence-electron chi connectivity index (χ4n) is 5.02. The van der Waals surface area contributed by atoms with E-state index in [9.17, 15) is 9.90 Å². The van der Waals surface area contributed by atoms with E-state index in [1.54, 1.807) is 23.5 Å². The van der Waals surface area contributed by atoms with Crippen LogP contribution in [-0.4, -0.2) is 67.1 Å². The number of rotatable bonds is 7. The molecule has 0 radical (unpaired) electrons. The van der Waals surface area contributed by atoms with Gasteiger partial charge in [0.1, 0.15) is 18.1 Å². The summed E-state index contributed by atoms with van der Waals surface area (Å²) in [6, 6.07) is 12.9. The van der Waals surface area contributed by atoms with Crippen molar-refractivity contribution in [3.8, 4) is 11.5 Å². The van der Waals surface area contributed by atoms with Crippen LogP contribution in [0, 0.1) is 0 Å². The van der Waals surface area contributed by atoms with E-state index in [4.69, 9.17) is 4.74 Å². The van der Waals surface area contributed by atoms with Crippen molar-refractivity contribution in [1.82, 2.24) is 9.80 Å². The van der Waals surface area contributed by atoms with Crippen molar-refractivity contribution in [1.29, 1.82) is 0 Å². The van der Waals surface area contributed by atoms with Crippen LogP contribution in [0.4, 0.5) is 0 Å². The predicted molar refractivity (Wildman–Crippen MR) is 134 cm³/mol. The number of hydrogen-bond acceptors (Lipinski definition) is 6. The standard InChI is InChI=1S/C27H32N2O3S/c1-28-12-14-29(15-13-28)16-17-32-22-9-6-19(7-10-22)26(31)25-23-11-8-21(30)18-24(23)33-27(25)20-4-2-3-5-20/h6-11,18,20,30H,2-5,12-17H2,1H3. The van der Waals surface area contributed by atoms with Gasteiger partial charge in [0.2, 0.25) is 0 Å². The first kappa shape index (κ1) is 22.4. The Morgan fingerprint density at radius 1 is 1.06 bits per heavy atom. The third-order valence-corrected chi connectivity index (χ3v) is 8.36. The number of ketones is 1. The molecular formula is C27H32N2O3S. The lowest BCUT2D eigenvalue weighted by molar-refractivity contribution is 0.103. The summed E-state index contributed by atoms with van der Waals surface area (Å²) >= 11 is 1.67. The van der Waals surface area contributed by atoms with Gasteiger partial charge in [-0.25, -0.2) is 0 Å². The van der Waals surface area contributed by atoms with Gasteiger partial charge in [-0.3, -0.25) is 9.69 Å². The van der Waals surface area contributed by atoms with E-state index in [2.05, 4.69) is 16.8 Å². The minimum atomic E-state index is 0.0674. The van der Waals surface area contributed by atoms with Crippen molar-refractivity contribution in [2.45, 2.75) is 31.6 Å². The average Bonchev–Trinajstić information content (AvgIpc) is 3.48. The van der Waals surface area contributed by atoms with Crippen LogP contribution in [0.5, 0.6) is 11.5 Å². The minimum Gasteiger partial charge on any atom is -0.508 e. The van der Waals surface area contributed by atoms with E-state index < -0.39 is 0 Å². The van der Waals surface area contributed by atoms with Gasteiger partial charge in [0, 0.05) is 58.8 Å². The lowest BCUT2D eigenvalue weighted by atomic mass is 9.94. The smallest absolute Gasteiger partial charge is 0.194 e. The molecule has 2 heterocycles. The lowest BCUT2D eigenvalue weighted by Crippen LogP contribution is -2.45. The van der Waals surface area contributed by atoms with Gasteiger partial charge >= 0.3 is 0 Å². The number of phenolic OH excluding ortho intramolecular Hbond substituents is 1. The maximum Gasteiger partial charge on any atom is 0.194 e. The maximum absolute atomic E-state index is 13.6. The summed E-state index contributed by atoms with van der Waals surface area (Å²) in [4.78, 5) is 19.6. The van der Waals surface area contributed by atoms with Crippen LogP contribution < -0.4 is 4.74 Å². The van der Waals surface area contributed by atoms with Crippen LogP contribution in [0.3, 0.4) is 0 Å². The molecule has 2 aromatic carbocycles. The van der Waals surface area contributed by atoms with E-state index in [0.717, 1.165) is 67.0 Å². The van der Waals surface area contributed by atoms with E-state index in [0.29, 0.717) is 18.1 Å². The SMILES string of the molecule is CN1CCN(CCOc2ccc(C(=O)c3c(C4CCCC4)sc4cc(O)ccc34)cc2)CC1. The molecule has 33 heavy (non-hydrogen) atoms. The number of thiophene rings is 1. The van der Waals surface area contributed by atoms with Crippen molar-refractivity contribution in [3.05, 3.63) is 58.5 Å². The maximum atomic E-state index is 13.6. The summed E-state index contributed by atoms with van der Waals surface area (Å²) in [6.45, 7) is 5.97. The molecule has 2 fully saturated rings. The number of carbonyl (C=O) groups is 1. The number of aromatic hydroxyl groups is 1. The first-order chi connectivity index (χ1) is 16.1. The highest BCUT2D eigenvalue weighted by Gasteiger charge is 2.28. The van der Waals surface area contributed by atoms with E-state index in [-0.39, 0.29) is 11.5 Å². The number of carbonyl (C=O) groups excluding carboxylic acids is 1. The van der Waals surface area contributed by atoms with Crippen LogP contribution in [0.2, 0.25) is 0 Å². The molecule has 1 aliphatic heterocycles. The van der Waals surface area contributed by atoms with Crippen LogP contribution in [0.25, 0.3) is 10.1 Å². The Balaban J connectivity index is 1.30. The third-order valence-electron chi connectivity index (χ3n) is 7.04. The zero-order valence-electron chi connectivity index (χ0n) is 19.3. The molecule has 1 saturated heterocycles. The molecule has 1 aliphatic carbocycles. The summed E-state index contributed by atoms with van der Waals surface area (Å²) in [7, 11) is 2.16. The largest absolute Gasteiger partial charge is 0.508 e. The first-order valence-electron chi connectivity index (χ1n) is 12.0. The molecule has 5 rings (SSSR count). The number of nitrogens with zero attached hydrogens (tertiary/aromatic N) is 2. The molecule has 1 saturated carbocycles. The normalized spacial score (nSPS) is 18.2. The topological polar surface area (TPSA) is 53.0 Å². The molecular weight excluding hydrogens is 432 g/mol. The van der Waals surface area contributed by atoms with E-state index >= 15 is 0 Å². The third kappa shape index (κ3) is 4.93. The number of likely N-dealkylation sites (N-methyl/N-ethyl adjacent to an activating group) is 1. The highest BCUT2D eigenvalue weighted by Crippen LogP contribution is 2.44.